The molecule has 1 aromatic heterocycles. The van der Waals surface area contributed by atoms with E-state index in [1.807, 2.05) is 0 Å². The van der Waals surface area contributed by atoms with E-state index in [9.17, 15) is 9.59 Å². The molecule has 110 valence electrons. The lowest BCUT2D eigenvalue weighted by Gasteiger charge is -2.06. The number of rotatable bonds is 5. The number of aromatic nitrogens is 2. The summed E-state index contributed by atoms with van der Waals surface area (Å²) >= 11 is 1.18. The third-order valence-corrected chi connectivity index (χ3v) is 3.41. The minimum Gasteiger partial charge on any atom is -0.497 e. The minimum atomic E-state index is -0.224. The summed E-state index contributed by atoms with van der Waals surface area (Å²) in [6.45, 7) is 1.73. The van der Waals surface area contributed by atoms with E-state index >= 15 is 0 Å². The molecule has 1 heterocycles. The molecular formula is C14H15N3O3S. The molecule has 0 fully saturated rings. The number of thioether (sulfide) groups is 1. The molecule has 2 rings (SSSR count). The minimum absolute atomic E-state index is 0.156. The first-order valence-electron chi connectivity index (χ1n) is 6.21. The van der Waals surface area contributed by atoms with Crippen LogP contribution in [-0.2, 0) is 4.79 Å². The second-order valence-electron chi connectivity index (χ2n) is 4.26. The third kappa shape index (κ3) is 4.64. The molecule has 0 spiro atoms. The average Bonchev–Trinajstić information content (AvgIpc) is 2.44. The second-order valence-corrected chi connectivity index (χ2v) is 5.22. The highest BCUT2D eigenvalue weighted by molar-refractivity contribution is 7.99. The number of carbonyl (C=O) groups excluding carboxylic acids is 1. The number of H-pyrrole nitrogens is 1. The number of aromatic amines is 1. The Morgan fingerprint density at radius 1 is 1.43 bits per heavy atom. The lowest BCUT2D eigenvalue weighted by atomic mass is 10.3. The summed E-state index contributed by atoms with van der Waals surface area (Å²) in [5, 5.41) is 3.19. The number of nitrogens with zero attached hydrogens (tertiary/aromatic N) is 1. The van der Waals surface area contributed by atoms with Gasteiger partial charge in [-0.15, -0.1) is 0 Å². The van der Waals surface area contributed by atoms with E-state index in [-0.39, 0.29) is 17.2 Å². The van der Waals surface area contributed by atoms with Gasteiger partial charge in [0.25, 0.3) is 5.56 Å². The molecular weight excluding hydrogens is 290 g/mol. The number of carbonyl (C=O) groups is 1. The monoisotopic (exact) mass is 305 g/mol. The first-order chi connectivity index (χ1) is 10.1. The molecule has 0 radical (unpaired) electrons. The summed E-state index contributed by atoms with van der Waals surface area (Å²) in [4.78, 5) is 29.9. The largest absolute Gasteiger partial charge is 0.497 e. The zero-order valence-corrected chi connectivity index (χ0v) is 12.5. The van der Waals surface area contributed by atoms with E-state index in [1.165, 1.54) is 17.8 Å². The highest BCUT2D eigenvalue weighted by Gasteiger charge is 2.06. The summed E-state index contributed by atoms with van der Waals surface area (Å²) in [5.41, 5.74) is 1.05. The van der Waals surface area contributed by atoms with E-state index in [4.69, 9.17) is 4.74 Å². The maximum Gasteiger partial charge on any atom is 0.251 e. The molecule has 2 aromatic rings. The van der Waals surface area contributed by atoms with Gasteiger partial charge < -0.3 is 15.0 Å². The van der Waals surface area contributed by atoms with Gasteiger partial charge in [0.1, 0.15) is 5.75 Å². The van der Waals surface area contributed by atoms with Crippen LogP contribution < -0.4 is 15.6 Å². The molecule has 0 saturated carbocycles. The molecule has 0 unspecified atom stereocenters. The topological polar surface area (TPSA) is 84.1 Å². The van der Waals surface area contributed by atoms with Gasteiger partial charge >= 0.3 is 0 Å². The van der Waals surface area contributed by atoms with Crippen molar-refractivity contribution in [1.29, 1.82) is 0 Å². The predicted molar refractivity (Wildman–Crippen MR) is 81.9 cm³/mol. The van der Waals surface area contributed by atoms with Gasteiger partial charge in [0.2, 0.25) is 5.91 Å². The van der Waals surface area contributed by atoms with Crippen molar-refractivity contribution in [2.24, 2.45) is 0 Å². The Hall–Kier alpha value is -2.28. The first kappa shape index (κ1) is 15.1. The molecule has 6 nitrogen and oxygen atoms in total. The molecule has 0 aliphatic heterocycles. The Labute approximate surface area is 125 Å². The Morgan fingerprint density at radius 2 is 2.24 bits per heavy atom. The fraction of sp³-hybridized carbons (Fsp3) is 0.214. The smallest absolute Gasteiger partial charge is 0.251 e. The third-order valence-electron chi connectivity index (χ3n) is 2.54. The molecule has 0 aliphatic carbocycles. The van der Waals surface area contributed by atoms with Gasteiger partial charge in [-0.25, -0.2) is 4.98 Å². The van der Waals surface area contributed by atoms with Crippen molar-refractivity contribution >= 4 is 23.4 Å². The average molecular weight is 305 g/mol. The molecule has 0 atom stereocenters. The van der Waals surface area contributed by atoms with Crippen molar-refractivity contribution in [3.8, 4) is 5.75 Å². The van der Waals surface area contributed by atoms with Crippen LogP contribution in [0.5, 0.6) is 5.75 Å². The molecule has 0 bridgehead atoms. The maximum atomic E-state index is 11.9. The van der Waals surface area contributed by atoms with Gasteiger partial charge in [0.05, 0.1) is 12.9 Å². The lowest BCUT2D eigenvalue weighted by Crippen LogP contribution is -2.15. The number of nitrogens with one attached hydrogen (secondary N) is 2. The summed E-state index contributed by atoms with van der Waals surface area (Å²) in [6, 6.07) is 8.50. The van der Waals surface area contributed by atoms with Gasteiger partial charge in [0, 0.05) is 23.5 Å². The quantitative estimate of drug-likeness (QED) is 0.650. The molecule has 0 aliphatic rings. The van der Waals surface area contributed by atoms with Crippen LogP contribution in [0.3, 0.4) is 0 Å². The zero-order chi connectivity index (χ0) is 15.2. The predicted octanol–water partition coefficient (Wildman–Crippen LogP) is 1.82. The number of hydrogen-bond acceptors (Lipinski definition) is 5. The van der Waals surface area contributed by atoms with Gasteiger partial charge in [0.15, 0.2) is 5.16 Å². The maximum absolute atomic E-state index is 11.9. The number of anilines is 1. The SMILES string of the molecule is COc1cccc(NC(=O)CSc2nc(C)cc(=O)[nH]2)c1. The zero-order valence-electron chi connectivity index (χ0n) is 11.7. The number of aryl methyl sites for hydroxylation is 1. The van der Waals surface area contributed by atoms with E-state index in [0.717, 1.165) is 0 Å². The molecule has 21 heavy (non-hydrogen) atoms. The number of amides is 1. The number of hydrogen-bond donors (Lipinski definition) is 2. The Bertz CT molecular complexity index is 700. The highest BCUT2D eigenvalue weighted by Crippen LogP contribution is 2.17. The fourth-order valence-electron chi connectivity index (χ4n) is 1.65. The van der Waals surface area contributed by atoms with Crippen LogP contribution in [0.1, 0.15) is 5.69 Å². The van der Waals surface area contributed by atoms with E-state index in [1.54, 1.807) is 38.3 Å². The Kier molecular flexibility index (Phi) is 4.99. The normalized spacial score (nSPS) is 10.2. The van der Waals surface area contributed by atoms with Crippen LogP contribution in [0.4, 0.5) is 5.69 Å². The van der Waals surface area contributed by atoms with Crippen molar-refractivity contribution in [1.82, 2.24) is 9.97 Å². The van der Waals surface area contributed by atoms with Crippen LogP contribution in [0.15, 0.2) is 40.3 Å². The number of methoxy groups -OCH3 is 1. The molecule has 1 amide bonds. The van der Waals surface area contributed by atoms with Gasteiger partial charge in [-0.2, -0.15) is 0 Å². The lowest BCUT2D eigenvalue weighted by molar-refractivity contribution is -0.113. The van der Waals surface area contributed by atoms with Crippen molar-refractivity contribution in [2.45, 2.75) is 12.1 Å². The van der Waals surface area contributed by atoms with Crippen LogP contribution in [0.2, 0.25) is 0 Å². The van der Waals surface area contributed by atoms with E-state index in [0.29, 0.717) is 22.3 Å². The van der Waals surface area contributed by atoms with Gasteiger partial charge in [-0.1, -0.05) is 17.8 Å². The van der Waals surface area contributed by atoms with Crippen molar-refractivity contribution < 1.29 is 9.53 Å². The summed E-state index contributed by atoms with van der Waals surface area (Å²) < 4.78 is 5.09. The first-order valence-corrected chi connectivity index (χ1v) is 7.20. The van der Waals surface area contributed by atoms with Crippen LogP contribution in [-0.4, -0.2) is 28.7 Å². The van der Waals surface area contributed by atoms with Crippen molar-refractivity contribution in [3.63, 3.8) is 0 Å². The molecule has 7 heteroatoms. The summed E-state index contributed by atoms with van der Waals surface area (Å²) in [5.74, 6) is 0.645. The molecule has 2 N–H and O–H groups in total. The molecule has 1 aromatic carbocycles. The Balaban J connectivity index is 1.94. The van der Waals surface area contributed by atoms with Crippen molar-refractivity contribution in [3.05, 3.63) is 46.4 Å². The second kappa shape index (κ2) is 6.94. The fourth-order valence-corrected chi connectivity index (χ4v) is 2.37. The van der Waals surface area contributed by atoms with Crippen LogP contribution >= 0.6 is 11.8 Å². The summed E-state index contributed by atoms with van der Waals surface area (Å²) in [6.07, 6.45) is 0. The number of benzene rings is 1. The standard InChI is InChI=1S/C14H15N3O3S/c1-9-6-12(18)17-14(15-9)21-8-13(19)16-10-4-3-5-11(7-10)20-2/h3-7H,8H2,1-2H3,(H,16,19)(H,15,17,18). The van der Waals surface area contributed by atoms with Crippen LogP contribution in [0, 0.1) is 6.92 Å². The molecule has 0 saturated heterocycles. The van der Waals surface area contributed by atoms with Crippen molar-refractivity contribution in [2.75, 3.05) is 18.2 Å². The van der Waals surface area contributed by atoms with Gasteiger partial charge in [-0.3, -0.25) is 9.59 Å². The summed E-state index contributed by atoms with van der Waals surface area (Å²) in [7, 11) is 1.57. The Morgan fingerprint density at radius 3 is 2.95 bits per heavy atom. The number of ether oxygens (including phenoxy) is 1. The van der Waals surface area contributed by atoms with Crippen LogP contribution in [0.25, 0.3) is 0 Å². The van der Waals surface area contributed by atoms with Gasteiger partial charge in [-0.05, 0) is 19.1 Å². The highest BCUT2D eigenvalue weighted by atomic mass is 32.2. The van der Waals surface area contributed by atoms with E-state index < -0.39 is 0 Å². The van der Waals surface area contributed by atoms with E-state index in [2.05, 4.69) is 15.3 Å².